The molecule has 18 heavy (non-hydrogen) atoms. The van der Waals surface area contributed by atoms with Gasteiger partial charge in [0.1, 0.15) is 5.01 Å². The van der Waals surface area contributed by atoms with E-state index in [4.69, 9.17) is 0 Å². The second kappa shape index (κ2) is 3.75. The fourth-order valence-corrected chi connectivity index (χ4v) is 3.47. The van der Waals surface area contributed by atoms with Gasteiger partial charge in [0.15, 0.2) is 5.78 Å². The average Bonchev–Trinajstić information content (AvgIpc) is 2.82. The highest BCUT2D eigenvalue weighted by Crippen LogP contribution is 2.39. The van der Waals surface area contributed by atoms with Crippen LogP contribution in [-0.4, -0.2) is 20.3 Å². The fourth-order valence-electron chi connectivity index (χ4n) is 2.39. The lowest BCUT2D eigenvalue weighted by atomic mass is 9.78. The minimum Gasteiger partial charge on any atom is -0.332 e. The van der Waals surface area contributed by atoms with Crippen LogP contribution >= 0.6 is 11.3 Å². The Labute approximate surface area is 110 Å². The molecule has 0 unspecified atom stereocenters. The van der Waals surface area contributed by atoms with Crippen LogP contribution in [0.1, 0.15) is 35.6 Å². The Morgan fingerprint density at radius 1 is 1.39 bits per heavy atom. The highest BCUT2D eigenvalue weighted by molar-refractivity contribution is 7.17. The summed E-state index contributed by atoms with van der Waals surface area (Å²) in [4.78, 5) is 21.7. The summed E-state index contributed by atoms with van der Waals surface area (Å²) in [5.41, 5.74) is 1.96. The highest BCUT2D eigenvalue weighted by atomic mass is 32.1. The third-order valence-corrected chi connectivity index (χ3v) is 4.43. The number of thiazole rings is 1. The summed E-state index contributed by atoms with van der Waals surface area (Å²) in [5, 5.41) is 0.894. The van der Waals surface area contributed by atoms with Gasteiger partial charge in [0.05, 0.1) is 28.8 Å². The Balaban J connectivity index is 2.08. The lowest BCUT2D eigenvalue weighted by Crippen LogP contribution is -2.25. The smallest absolute Gasteiger partial charge is 0.175 e. The van der Waals surface area contributed by atoms with Crippen molar-refractivity contribution in [3.63, 3.8) is 0 Å². The number of Topliss-reactive ketones (excluding diaryl/α,β-unsaturated/α-hetero) is 1. The first kappa shape index (κ1) is 11.6. The SMILES string of the molecule is Cn1cncc1-c1nc2c(s1)C(=O)CC(C)(C)C2. The zero-order chi connectivity index (χ0) is 12.9. The summed E-state index contributed by atoms with van der Waals surface area (Å²) in [6.07, 6.45) is 5.04. The normalized spacial score (nSPS) is 17.8. The van der Waals surface area contributed by atoms with Crippen LogP contribution in [0.2, 0.25) is 0 Å². The Bertz CT molecular complexity index is 624. The molecule has 3 rings (SSSR count). The van der Waals surface area contributed by atoms with Gasteiger partial charge in [0.2, 0.25) is 0 Å². The van der Waals surface area contributed by atoms with E-state index in [1.54, 1.807) is 12.5 Å². The second-order valence-electron chi connectivity index (χ2n) is 5.63. The van der Waals surface area contributed by atoms with Gasteiger partial charge in [-0.25, -0.2) is 9.97 Å². The molecule has 2 aromatic rings. The van der Waals surface area contributed by atoms with Crippen molar-refractivity contribution in [3.05, 3.63) is 23.1 Å². The van der Waals surface area contributed by atoms with Gasteiger partial charge in [-0.15, -0.1) is 11.3 Å². The molecule has 0 aromatic carbocycles. The van der Waals surface area contributed by atoms with Crippen LogP contribution in [0.15, 0.2) is 12.5 Å². The van der Waals surface area contributed by atoms with Crippen LogP contribution in [-0.2, 0) is 13.5 Å². The molecule has 2 heterocycles. The van der Waals surface area contributed by atoms with E-state index < -0.39 is 0 Å². The van der Waals surface area contributed by atoms with Crippen LogP contribution in [0.3, 0.4) is 0 Å². The van der Waals surface area contributed by atoms with Gasteiger partial charge in [-0.05, 0) is 11.8 Å². The summed E-state index contributed by atoms with van der Waals surface area (Å²) in [6.45, 7) is 4.24. The zero-order valence-corrected chi connectivity index (χ0v) is 11.5. The molecule has 0 N–H and O–H groups in total. The average molecular weight is 261 g/mol. The number of fused-ring (bicyclic) bond motifs is 1. The maximum absolute atomic E-state index is 12.1. The van der Waals surface area contributed by atoms with Crippen molar-refractivity contribution in [2.75, 3.05) is 0 Å². The number of imidazole rings is 1. The van der Waals surface area contributed by atoms with Gasteiger partial charge < -0.3 is 4.57 Å². The Morgan fingerprint density at radius 2 is 2.17 bits per heavy atom. The van der Waals surface area contributed by atoms with E-state index >= 15 is 0 Å². The highest BCUT2D eigenvalue weighted by Gasteiger charge is 2.34. The number of aryl methyl sites for hydroxylation is 1. The van der Waals surface area contributed by atoms with E-state index in [2.05, 4.69) is 23.8 Å². The lowest BCUT2D eigenvalue weighted by molar-refractivity contribution is 0.0916. The van der Waals surface area contributed by atoms with Gasteiger partial charge in [-0.1, -0.05) is 13.8 Å². The van der Waals surface area contributed by atoms with Gasteiger partial charge >= 0.3 is 0 Å². The van der Waals surface area contributed by atoms with Crippen LogP contribution < -0.4 is 0 Å². The molecule has 0 fully saturated rings. The molecule has 5 heteroatoms. The number of carbonyl (C=O) groups is 1. The molecule has 1 aliphatic rings. The molecule has 0 radical (unpaired) electrons. The van der Waals surface area contributed by atoms with Crippen LogP contribution in [0.5, 0.6) is 0 Å². The largest absolute Gasteiger partial charge is 0.332 e. The molecule has 0 saturated carbocycles. The summed E-state index contributed by atoms with van der Waals surface area (Å²) >= 11 is 1.49. The molecule has 0 atom stereocenters. The first-order chi connectivity index (χ1) is 8.46. The van der Waals surface area contributed by atoms with Crippen molar-refractivity contribution in [1.29, 1.82) is 0 Å². The van der Waals surface area contributed by atoms with E-state index in [0.29, 0.717) is 6.42 Å². The monoisotopic (exact) mass is 261 g/mol. The summed E-state index contributed by atoms with van der Waals surface area (Å²) in [7, 11) is 1.94. The van der Waals surface area contributed by atoms with Crippen molar-refractivity contribution in [3.8, 4) is 10.7 Å². The molecule has 0 amide bonds. The van der Waals surface area contributed by atoms with Crippen molar-refractivity contribution in [2.24, 2.45) is 12.5 Å². The van der Waals surface area contributed by atoms with Crippen molar-refractivity contribution < 1.29 is 4.79 Å². The number of hydrogen-bond donors (Lipinski definition) is 0. The molecule has 0 bridgehead atoms. The summed E-state index contributed by atoms with van der Waals surface area (Å²) < 4.78 is 1.93. The molecule has 0 saturated heterocycles. The number of ketones is 1. The first-order valence-electron chi connectivity index (χ1n) is 5.96. The van der Waals surface area contributed by atoms with Crippen molar-refractivity contribution in [2.45, 2.75) is 26.7 Å². The van der Waals surface area contributed by atoms with E-state index in [1.807, 2.05) is 11.6 Å². The molecular weight excluding hydrogens is 246 g/mol. The summed E-state index contributed by atoms with van der Waals surface area (Å²) in [6, 6.07) is 0. The van der Waals surface area contributed by atoms with Gasteiger partial charge in [-0.3, -0.25) is 4.79 Å². The lowest BCUT2D eigenvalue weighted by Gasteiger charge is -2.26. The molecule has 0 aliphatic heterocycles. The zero-order valence-electron chi connectivity index (χ0n) is 10.7. The minimum atomic E-state index is 0.0296. The Morgan fingerprint density at radius 3 is 2.83 bits per heavy atom. The Hall–Kier alpha value is -1.49. The number of carbonyl (C=O) groups excluding carboxylic acids is 1. The Kier molecular flexibility index (Phi) is 2.41. The van der Waals surface area contributed by atoms with Crippen molar-refractivity contribution >= 4 is 17.1 Å². The quantitative estimate of drug-likeness (QED) is 0.793. The predicted molar refractivity (Wildman–Crippen MR) is 70.7 cm³/mol. The van der Waals surface area contributed by atoms with Crippen molar-refractivity contribution in [1.82, 2.24) is 14.5 Å². The van der Waals surface area contributed by atoms with Crippen LogP contribution in [0, 0.1) is 5.41 Å². The van der Waals surface area contributed by atoms with Crippen LogP contribution in [0.25, 0.3) is 10.7 Å². The number of rotatable bonds is 1. The number of nitrogens with zero attached hydrogens (tertiary/aromatic N) is 3. The van der Waals surface area contributed by atoms with E-state index in [1.165, 1.54) is 11.3 Å². The molecule has 2 aromatic heterocycles. The fraction of sp³-hybridized carbons (Fsp3) is 0.462. The predicted octanol–water partition coefficient (Wildman–Crippen LogP) is 2.70. The summed E-state index contributed by atoms with van der Waals surface area (Å²) in [5.74, 6) is 0.229. The van der Waals surface area contributed by atoms with Crippen LogP contribution in [0.4, 0.5) is 0 Å². The minimum absolute atomic E-state index is 0.0296. The maximum atomic E-state index is 12.1. The van der Waals surface area contributed by atoms with Gasteiger partial charge in [0, 0.05) is 13.5 Å². The van der Waals surface area contributed by atoms with E-state index in [9.17, 15) is 4.79 Å². The van der Waals surface area contributed by atoms with E-state index in [-0.39, 0.29) is 11.2 Å². The molecule has 94 valence electrons. The molecule has 4 nitrogen and oxygen atoms in total. The number of hydrogen-bond acceptors (Lipinski definition) is 4. The molecule has 1 aliphatic carbocycles. The molecule has 0 spiro atoms. The first-order valence-corrected chi connectivity index (χ1v) is 6.77. The van der Waals surface area contributed by atoms with E-state index in [0.717, 1.165) is 27.7 Å². The topological polar surface area (TPSA) is 47.8 Å². The van der Waals surface area contributed by atoms with Gasteiger partial charge in [-0.2, -0.15) is 0 Å². The maximum Gasteiger partial charge on any atom is 0.175 e. The molecular formula is C13H15N3OS. The third kappa shape index (κ3) is 1.79. The number of aromatic nitrogens is 3. The van der Waals surface area contributed by atoms with Gasteiger partial charge in [0.25, 0.3) is 0 Å². The second-order valence-corrected chi connectivity index (χ2v) is 6.62. The third-order valence-electron chi connectivity index (χ3n) is 3.27. The standard InChI is InChI=1S/C13H15N3OS/c1-13(2)4-8-11(10(17)5-13)18-12(15-8)9-6-14-7-16(9)3/h6-7H,4-5H2,1-3H3.